The van der Waals surface area contributed by atoms with Crippen molar-refractivity contribution < 1.29 is 14.0 Å². The second kappa shape index (κ2) is 7.86. The molecule has 3 rings (SSSR count). The minimum atomic E-state index is -0.632. The van der Waals surface area contributed by atoms with E-state index in [0.717, 1.165) is 11.0 Å². The second-order valence-corrected chi connectivity index (χ2v) is 6.39. The van der Waals surface area contributed by atoms with Crippen LogP contribution in [0.15, 0.2) is 53.4 Å². The van der Waals surface area contributed by atoms with Gasteiger partial charge in [0, 0.05) is 13.1 Å². The summed E-state index contributed by atoms with van der Waals surface area (Å²) in [6.07, 6.45) is 3.18. The quantitative estimate of drug-likeness (QED) is 0.681. The molecule has 1 aromatic carbocycles. The Kier molecular flexibility index (Phi) is 5.36. The summed E-state index contributed by atoms with van der Waals surface area (Å²) in [5.41, 5.74) is 1.94. The highest BCUT2D eigenvalue weighted by molar-refractivity contribution is 5.95. The van der Waals surface area contributed by atoms with E-state index < -0.39 is 11.9 Å². The Morgan fingerprint density at radius 3 is 2.73 bits per heavy atom. The van der Waals surface area contributed by atoms with Gasteiger partial charge in [0.05, 0.1) is 23.6 Å². The molecule has 0 spiro atoms. The third-order valence-electron chi connectivity index (χ3n) is 4.16. The smallest absolute Gasteiger partial charge is 0.287 e. The van der Waals surface area contributed by atoms with E-state index in [2.05, 4.69) is 15.6 Å². The van der Waals surface area contributed by atoms with Crippen molar-refractivity contribution in [3.05, 3.63) is 54.7 Å². The van der Waals surface area contributed by atoms with Crippen LogP contribution in [-0.4, -0.2) is 34.0 Å². The lowest BCUT2D eigenvalue weighted by atomic mass is 10.0. The maximum Gasteiger partial charge on any atom is 0.287 e. The SMILES string of the molecule is CC(C)C(NC(=O)c1ccco1)C(=O)NCCn1cnc2ccccc21. The molecule has 136 valence electrons. The summed E-state index contributed by atoms with van der Waals surface area (Å²) in [4.78, 5) is 29.0. The topological polar surface area (TPSA) is 89.2 Å². The first-order valence-corrected chi connectivity index (χ1v) is 8.58. The van der Waals surface area contributed by atoms with Crippen molar-refractivity contribution in [3.8, 4) is 0 Å². The number of carbonyl (C=O) groups excluding carboxylic acids is 2. The third kappa shape index (κ3) is 3.93. The molecule has 0 saturated heterocycles. The van der Waals surface area contributed by atoms with Crippen LogP contribution >= 0.6 is 0 Å². The summed E-state index contributed by atoms with van der Waals surface area (Å²) in [6.45, 7) is 4.81. The van der Waals surface area contributed by atoms with E-state index in [1.165, 1.54) is 6.26 Å². The number of hydrogen-bond donors (Lipinski definition) is 2. The van der Waals surface area contributed by atoms with Crippen LogP contribution in [0.1, 0.15) is 24.4 Å². The Bertz CT molecular complexity index is 883. The lowest BCUT2D eigenvalue weighted by molar-refractivity contribution is -0.123. The molecule has 1 atom stereocenters. The number of hydrogen-bond acceptors (Lipinski definition) is 4. The van der Waals surface area contributed by atoms with Crippen LogP contribution in [0.5, 0.6) is 0 Å². The molecule has 0 aliphatic carbocycles. The van der Waals surface area contributed by atoms with Crippen molar-refractivity contribution in [1.29, 1.82) is 0 Å². The van der Waals surface area contributed by atoms with Gasteiger partial charge in [-0.2, -0.15) is 0 Å². The number of nitrogens with zero attached hydrogens (tertiary/aromatic N) is 2. The van der Waals surface area contributed by atoms with Crippen LogP contribution in [-0.2, 0) is 11.3 Å². The van der Waals surface area contributed by atoms with Gasteiger partial charge in [-0.3, -0.25) is 9.59 Å². The number of fused-ring (bicyclic) bond motifs is 1. The molecule has 2 heterocycles. The number of carbonyl (C=O) groups is 2. The van der Waals surface area contributed by atoms with Gasteiger partial charge < -0.3 is 19.6 Å². The van der Waals surface area contributed by atoms with Gasteiger partial charge in [-0.15, -0.1) is 0 Å². The van der Waals surface area contributed by atoms with Gasteiger partial charge in [0.1, 0.15) is 6.04 Å². The van der Waals surface area contributed by atoms with E-state index in [9.17, 15) is 9.59 Å². The zero-order valence-electron chi connectivity index (χ0n) is 14.8. The fraction of sp³-hybridized carbons (Fsp3) is 0.316. The molecule has 7 heteroatoms. The molecule has 0 fully saturated rings. The minimum absolute atomic E-state index is 0.0528. The molecule has 1 unspecified atom stereocenters. The van der Waals surface area contributed by atoms with Crippen molar-refractivity contribution >= 4 is 22.8 Å². The predicted octanol–water partition coefficient (Wildman–Crippen LogP) is 2.20. The molecule has 2 N–H and O–H groups in total. The molecular weight excluding hydrogens is 332 g/mol. The monoisotopic (exact) mass is 354 g/mol. The molecule has 0 saturated carbocycles. The summed E-state index contributed by atoms with van der Waals surface area (Å²) in [7, 11) is 0. The van der Waals surface area contributed by atoms with Gasteiger partial charge >= 0.3 is 0 Å². The number of furan rings is 1. The van der Waals surface area contributed by atoms with Gasteiger partial charge in [-0.05, 0) is 30.2 Å². The van der Waals surface area contributed by atoms with Gasteiger partial charge in [-0.1, -0.05) is 26.0 Å². The average molecular weight is 354 g/mol. The molecule has 0 bridgehead atoms. The average Bonchev–Trinajstić information content (AvgIpc) is 3.29. The Morgan fingerprint density at radius 2 is 2.00 bits per heavy atom. The first-order chi connectivity index (χ1) is 12.6. The molecule has 3 aromatic rings. The van der Waals surface area contributed by atoms with Crippen LogP contribution in [0, 0.1) is 5.92 Å². The Labute approximate surface area is 151 Å². The van der Waals surface area contributed by atoms with Gasteiger partial charge in [0.15, 0.2) is 5.76 Å². The van der Waals surface area contributed by atoms with Crippen molar-refractivity contribution in [2.75, 3.05) is 6.54 Å². The molecule has 26 heavy (non-hydrogen) atoms. The van der Waals surface area contributed by atoms with E-state index in [0.29, 0.717) is 13.1 Å². The molecule has 0 aliphatic rings. The van der Waals surface area contributed by atoms with Gasteiger partial charge in [-0.25, -0.2) is 4.98 Å². The van der Waals surface area contributed by atoms with Crippen LogP contribution in [0.3, 0.4) is 0 Å². The van der Waals surface area contributed by atoms with E-state index >= 15 is 0 Å². The lowest BCUT2D eigenvalue weighted by Crippen LogP contribution is -2.50. The summed E-state index contributed by atoms with van der Waals surface area (Å²) < 4.78 is 7.06. The van der Waals surface area contributed by atoms with E-state index in [4.69, 9.17) is 4.42 Å². The molecule has 2 amide bonds. The number of para-hydroxylation sites is 2. The highest BCUT2D eigenvalue weighted by atomic mass is 16.3. The number of amides is 2. The maximum absolute atomic E-state index is 12.5. The van der Waals surface area contributed by atoms with Crippen LogP contribution in [0.2, 0.25) is 0 Å². The number of aromatic nitrogens is 2. The molecule has 0 aliphatic heterocycles. The fourth-order valence-corrected chi connectivity index (χ4v) is 2.75. The maximum atomic E-state index is 12.5. The van der Waals surface area contributed by atoms with Crippen LogP contribution < -0.4 is 10.6 Å². The molecular formula is C19H22N4O3. The van der Waals surface area contributed by atoms with Gasteiger partial charge in [0.25, 0.3) is 5.91 Å². The molecule has 2 aromatic heterocycles. The van der Waals surface area contributed by atoms with Crippen LogP contribution in [0.25, 0.3) is 11.0 Å². The number of imidazole rings is 1. The highest BCUT2D eigenvalue weighted by Gasteiger charge is 2.25. The number of rotatable bonds is 7. The number of benzene rings is 1. The van der Waals surface area contributed by atoms with Crippen molar-refractivity contribution in [2.24, 2.45) is 5.92 Å². The summed E-state index contributed by atoms with van der Waals surface area (Å²) >= 11 is 0. The van der Waals surface area contributed by atoms with Crippen molar-refractivity contribution in [2.45, 2.75) is 26.4 Å². The normalized spacial score (nSPS) is 12.3. The standard InChI is InChI=1S/C19H22N4O3/c1-13(2)17(22-18(24)16-8-5-11-26-16)19(25)20-9-10-23-12-21-14-6-3-4-7-15(14)23/h3-8,11-13,17H,9-10H2,1-2H3,(H,20,25)(H,22,24). The fourth-order valence-electron chi connectivity index (χ4n) is 2.75. The summed E-state index contributed by atoms with van der Waals surface area (Å²) in [5, 5.41) is 5.61. The lowest BCUT2D eigenvalue weighted by Gasteiger charge is -2.21. The van der Waals surface area contributed by atoms with Crippen LogP contribution in [0.4, 0.5) is 0 Å². The summed E-state index contributed by atoms with van der Waals surface area (Å²) in [6, 6.07) is 10.4. The van der Waals surface area contributed by atoms with Crippen molar-refractivity contribution in [3.63, 3.8) is 0 Å². The highest BCUT2D eigenvalue weighted by Crippen LogP contribution is 2.11. The Hall–Kier alpha value is -3.09. The zero-order valence-corrected chi connectivity index (χ0v) is 14.8. The Morgan fingerprint density at radius 1 is 1.19 bits per heavy atom. The van der Waals surface area contributed by atoms with E-state index in [1.54, 1.807) is 18.5 Å². The van der Waals surface area contributed by atoms with E-state index in [1.807, 2.05) is 42.7 Å². The second-order valence-electron chi connectivity index (χ2n) is 6.39. The predicted molar refractivity (Wildman–Crippen MR) is 97.5 cm³/mol. The summed E-state index contributed by atoms with van der Waals surface area (Å²) in [5.74, 6) is -0.481. The Balaban J connectivity index is 1.57. The first-order valence-electron chi connectivity index (χ1n) is 8.58. The molecule has 0 radical (unpaired) electrons. The zero-order chi connectivity index (χ0) is 18.5. The number of nitrogens with one attached hydrogen (secondary N) is 2. The first kappa shape index (κ1) is 17.7. The molecule has 7 nitrogen and oxygen atoms in total. The van der Waals surface area contributed by atoms with E-state index in [-0.39, 0.29) is 17.6 Å². The van der Waals surface area contributed by atoms with Gasteiger partial charge in [0.2, 0.25) is 5.91 Å². The van der Waals surface area contributed by atoms with Crippen molar-refractivity contribution in [1.82, 2.24) is 20.2 Å². The minimum Gasteiger partial charge on any atom is -0.459 e. The third-order valence-corrected chi connectivity index (χ3v) is 4.16. The largest absolute Gasteiger partial charge is 0.459 e.